The first-order valence-electron chi connectivity index (χ1n) is 10.4. The summed E-state index contributed by atoms with van der Waals surface area (Å²) in [5.41, 5.74) is 3.35. The van der Waals surface area contributed by atoms with Crippen LogP contribution in [-0.4, -0.2) is 29.4 Å². The third kappa shape index (κ3) is 4.41. The van der Waals surface area contributed by atoms with Crippen LogP contribution in [0.25, 0.3) is 0 Å². The van der Waals surface area contributed by atoms with Gasteiger partial charge >= 0.3 is 0 Å². The van der Waals surface area contributed by atoms with Crippen molar-refractivity contribution >= 4 is 11.6 Å². The minimum atomic E-state index is 0.0397. The summed E-state index contributed by atoms with van der Waals surface area (Å²) in [6.45, 7) is 3.66. The van der Waals surface area contributed by atoms with Gasteiger partial charge in [-0.3, -0.25) is 9.69 Å². The summed E-state index contributed by atoms with van der Waals surface area (Å²) in [5, 5.41) is 3.02. The van der Waals surface area contributed by atoms with Crippen molar-refractivity contribution in [1.82, 2.24) is 4.90 Å². The normalized spacial score (nSPS) is 25.6. The maximum absolute atomic E-state index is 12.2. The third-order valence-electron chi connectivity index (χ3n) is 6.35. The fourth-order valence-electron chi connectivity index (χ4n) is 4.88. The van der Waals surface area contributed by atoms with Gasteiger partial charge < -0.3 is 5.32 Å². The van der Waals surface area contributed by atoms with Crippen molar-refractivity contribution in [2.45, 2.75) is 63.5 Å². The van der Waals surface area contributed by atoms with Gasteiger partial charge in [0, 0.05) is 17.8 Å². The molecule has 27 heavy (non-hydrogen) atoms. The lowest BCUT2D eigenvalue weighted by atomic mass is 9.97. The van der Waals surface area contributed by atoms with Gasteiger partial charge in [0.1, 0.15) is 0 Å². The molecule has 2 aromatic carbocycles. The molecule has 0 aromatic heterocycles. The van der Waals surface area contributed by atoms with Gasteiger partial charge in [-0.25, -0.2) is 0 Å². The van der Waals surface area contributed by atoms with E-state index in [1.165, 1.54) is 44.2 Å². The highest BCUT2D eigenvalue weighted by molar-refractivity contribution is 5.92. The van der Waals surface area contributed by atoms with E-state index in [2.05, 4.69) is 41.4 Å². The van der Waals surface area contributed by atoms with E-state index in [-0.39, 0.29) is 5.91 Å². The Morgan fingerprint density at radius 1 is 1.04 bits per heavy atom. The van der Waals surface area contributed by atoms with Crippen LogP contribution in [0, 0.1) is 0 Å². The molecule has 1 N–H and O–H groups in total. The second-order valence-corrected chi connectivity index (χ2v) is 8.23. The summed E-state index contributed by atoms with van der Waals surface area (Å²) < 4.78 is 0. The first kappa shape index (κ1) is 18.2. The fraction of sp³-hybridized carbons (Fsp3) is 0.458. The number of likely N-dealkylation sites (tertiary alicyclic amines) is 1. The van der Waals surface area contributed by atoms with Crippen LogP contribution in [0.3, 0.4) is 0 Å². The molecule has 0 bridgehead atoms. The lowest BCUT2D eigenvalue weighted by Gasteiger charge is -2.28. The molecule has 1 saturated heterocycles. The van der Waals surface area contributed by atoms with Crippen molar-refractivity contribution in [2.24, 2.45) is 0 Å². The topological polar surface area (TPSA) is 32.3 Å². The van der Waals surface area contributed by atoms with Crippen LogP contribution in [0.15, 0.2) is 54.6 Å². The van der Waals surface area contributed by atoms with Gasteiger partial charge in [0.15, 0.2) is 0 Å². The maximum Gasteiger partial charge on any atom is 0.228 e. The summed E-state index contributed by atoms with van der Waals surface area (Å²) in [5.74, 6) is 0.703. The number of nitrogens with one attached hydrogen (secondary N) is 1. The highest BCUT2D eigenvalue weighted by Gasteiger charge is 2.34. The first-order chi connectivity index (χ1) is 13.2. The lowest BCUT2D eigenvalue weighted by molar-refractivity contribution is -0.115. The number of benzene rings is 2. The monoisotopic (exact) mass is 362 g/mol. The number of amides is 1. The first-order valence-corrected chi connectivity index (χ1v) is 10.4. The summed E-state index contributed by atoms with van der Waals surface area (Å²) in [6.07, 6.45) is 7.03. The number of hydrogen-bond acceptors (Lipinski definition) is 2. The molecule has 2 aliphatic rings. The standard InChI is InChI=1S/C24H30N2O/c1-18-6-5-15-26(18)23-14-11-21(17-23)20-9-12-22(13-10-20)25-24(27)16-19-7-3-2-4-8-19/h2-4,7-10,12-13,18,21,23H,5-6,11,14-17H2,1H3,(H,25,27)/t18-,21?,23-/m0/s1. The predicted molar refractivity (Wildman–Crippen MR) is 111 cm³/mol. The zero-order valence-corrected chi connectivity index (χ0v) is 16.2. The number of carbonyl (C=O) groups is 1. The Bertz CT molecular complexity index is 756. The van der Waals surface area contributed by atoms with Crippen molar-refractivity contribution in [1.29, 1.82) is 0 Å². The molecular formula is C24H30N2O. The van der Waals surface area contributed by atoms with E-state index in [4.69, 9.17) is 0 Å². The van der Waals surface area contributed by atoms with Gasteiger partial charge in [-0.1, -0.05) is 42.5 Å². The molecule has 2 fully saturated rings. The molecule has 3 heteroatoms. The molecule has 1 saturated carbocycles. The lowest BCUT2D eigenvalue weighted by Crippen LogP contribution is -2.35. The second kappa shape index (κ2) is 8.26. The fourth-order valence-corrected chi connectivity index (χ4v) is 4.88. The molecule has 1 heterocycles. The van der Waals surface area contributed by atoms with Crippen LogP contribution in [0.1, 0.15) is 56.1 Å². The molecule has 1 amide bonds. The van der Waals surface area contributed by atoms with Crippen LogP contribution in [0.5, 0.6) is 0 Å². The van der Waals surface area contributed by atoms with Gasteiger partial charge in [-0.15, -0.1) is 0 Å². The Balaban J connectivity index is 1.32. The molecule has 3 nitrogen and oxygen atoms in total. The van der Waals surface area contributed by atoms with E-state index in [1.807, 2.05) is 30.3 Å². The van der Waals surface area contributed by atoms with Crippen molar-refractivity contribution in [3.05, 3.63) is 65.7 Å². The van der Waals surface area contributed by atoms with Gasteiger partial charge in [0.25, 0.3) is 0 Å². The van der Waals surface area contributed by atoms with Gasteiger partial charge in [0.2, 0.25) is 5.91 Å². The Labute approximate surface area is 162 Å². The highest BCUT2D eigenvalue weighted by Crippen LogP contribution is 2.39. The zero-order valence-electron chi connectivity index (χ0n) is 16.2. The van der Waals surface area contributed by atoms with E-state index < -0.39 is 0 Å². The van der Waals surface area contributed by atoms with E-state index in [0.29, 0.717) is 12.3 Å². The number of hydrogen-bond donors (Lipinski definition) is 1. The Morgan fingerprint density at radius 3 is 2.52 bits per heavy atom. The quantitative estimate of drug-likeness (QED) is 0.813. The van der Waals surface area contributed by atoms with E-state index in [9.17, 15) is 4.79 Å². The third-order valence-corrected chi connectivity index (χ3v) is 6.35. The molecule has 1 aliphatic heterocycles. The smallest absolute Gasteiger partial charge is 0.228 e. The predicted octanol–water partition coefficient (Wildman–Crippen LogP) is 4.99. The number of nitrogens with zero attached hydrogens (tertiary/aromatic N) is 1. The summed E-state index contributed by atoms with van der Waals surface area (Å²) in [6, 6.07) is 19.9. The summed E-state index contributed by atoms with van der Waals surface area (Å²) >= 11 is 0. The average molecular weight is 363 g/mol. The van der Waals surface area contributed by atoms with Gasteiger partial charge in [-0.05, 0) is 74.8 Å². The molecule has 2 aromatic rings. The number of anilines is 1. The van der Waals surface area contributed by atoms with Gasteiger partial charge in [0.05, 0.1) is 6.42 Å². The van der Waals surface area contributed by atoms with E-state index >= 15 is 0 Å². The number of carbonyl (C=O) groups excluding carboxylic acids is 1. The molecule has 0 radical (unpaired) electrons. The molecule has 3 atom stereocenters. The van der Waals surface area contributed by atoms with Crippen molar-refractivity contribution < 1.29 is 4.79 Å². The Hall–Kier alpha value is -2.13. The molecule has 1 aliphatic carbocycles. The van der Waals surface area contributed by atoms with Crippen molar-refractivity contribution in [3.63, 3.8) is 0 Å². The van der Waals surface area contributed by atoms with Crippen LogP contribution in [-0.2, 0) is 11.2 Å². The van der Waals surface area contributed by atoms with Crippen LogP contribution in [0.4, 0.5) is 5.69 Å². The van der Waals surface area contributed by atoms with Crippen LogP contribution >= 0.6 is 0 Å². The SMILES string of the molecule is C[C@H]1CCCN1[C@H]1CCC(c2ccc(NC(=O)Cc3ccccc3)cc2)C1. The Morgan fingerprint density at radius 2 is 1.81 bits per heavy atom. The van der Waals surface area contributed by atoms with Crippen LogP contribution in [0.2, 0.25) is 0 Å². The van der Waals surface area contributed by atoms with Gasteiger partial charge in [-0.2, -0.15) is 0 Å². The van der Waals surface area contributed by atoms with E-state index in [1.54, 1.807) is 0 Å². The van der Waals surface area contributed by atoms with Crippen molar-refractivity contribution in [2.75, 3.05) is 11.9 Å². The average Bonchev–Trinajstić information content (AvgIpc) is 3.32. The zero-order chi connectivity index (χ0) is 18.6. The van der Waals surface area contributed by atoms with Crippen LogP contribution < -0.4 is 5.32 Å². The molecule has 0 spiro atoms. The molecule has 142 valence electrons. The largest absolute Gasteiger partial charge is 0.326 e. The van der Waals surface area contributed by atoms with E-state index in [0.717, 1.165) is 23.3 Å². The second-order valence-electron chi connectivity index (χ2n) is 8.23. The summed E-state index contributed by atoms with van der Waals surface area (Å²) in [4.78, 5) is 15.0. The highest BCUT2D eigenvalue weighted by atomic mass is 16.1. The molecule has 4 rings (SSSR count). The minimum absolute atomic E-state index is 0.0397. The minimum Gasteiger partial charge on any atom is -0.326 e. The van der Waals surface area contributed by atoms with Crippen molar-refractivity contribution in [3.8, 4) is 0 Å². The Kier molecular flexibility index (Phi) is 5.58. The number of rotatable bonds is 5. The molecule has 1 unspecified atom stereocenters. The maximum atomic E-state index is 12.2. The summed E-state index contributed by atoms with van der Waals surface area (Å²) in [7, 11) is 0. The molecular weight excluding hydrogens is 332 g/mol.